The summed E-state index contributed by atoms with van der Waals surface area (Å²) in [5.41, 5.74) is 0. The molecule has 0 unspecified atom stereocenters. The van der Waals surface area contributed by atoms with Gasteiger partial charge in [0.1, 0.15) is 11.6 Å². The fourth-order valence-corrected chi connectivity index (χ4v) is 2.19. The number of piperidine rings is 1. The van der Waals surface area contributed by atoms with E-state index in [-0.39, 0.29) is 0 Å². The van der Waals surface area contributed by atoms with Gasteiger partial charge in [-0.3, -0.25) is 0 Å². The zero-order valence-electron chi connectivity index (χ0n) is 8.95. The Hall–Kier alpha value is -0.900. The van der Waals surface area contributed by atoms with Crippen molar-refractivity contribution in [2.24, 2.45) is 0 Å². The molecule has 0 spiro atoms. The molecule has 1 aromatic heterocycles. The fourth-order valence-electron chi connectivity index (χ4n) is 2.19. The van der Waals surface area contributed by atoms with Crippen LogP contribution >= 0.6 is 0 Å². The summed E-state index contributed by atoms with van der Waals surface area (Å²) >= 11 is 0. The standard InChI is InChI=1S/C10H18N4/c1-3-10-13-12-8(2)14(10)9-4-6-11-7-5-9/h9,11H,3-7H2,1-2H3. The lowest BCUT2D eigenvalue weighted by atomic mass is 10.1. The van der Waals surface area contributed by atoms with Gasteiger partial charge in [-0.1, -0.05) is 6.92 Å². The molecule has 2 heterocycles. The number of nitrogens with zero attached hydrogens (tertiary/aromatic N) is 3. The molecular formula is C10H18N4. The van der Waals surface area contributed by atoms with Crippen LogP contribution in [0.5, 0.6) is 0 Å². The SMILES string of the molecule is CCc1nnc(C)n1C1CCNCC1. The molecule has 1 saturated heterocycles. The Morgan fingerprint density at radius 2 is 2.07 bits per heavy atom. The topological polar surface area (TPSA) is 42.7 Å². The van der Waals surface area contributed by atoms with E-state index in [1.807, 2.05) is 6.92 Å². The summed E-state index contributed by atoms with van der Waals surface area (Å²) in [5.74, 6) is 2.20. The van der Waals surface area contributed by atoms with Crippen molar-refractivity contribution in [2.75, 3.05) is 13.1 Å². The zero-order chi connectivity index (χ0) is 9.97. The number of hydrogen-bond donors (Lipinski definition) is 1. The molecule has 0 atom stereocenters. The van der Waals surface area contributed by atoms with E-state index in [2.05, 4.69) is 27.0 Å². The van der Waals surface area contributed by atoms with Crippen molar-refractivity contribution in [1.29, 1.82) is 0 Å². The lowest BCUT2D eigenvalue weighted by molar-refractivity contribution is 0.355. The molecule has 2 rings (SSSR count). The van der Waals surface area contributed by atoms with E-state index in [1.54, 1.807) is 0 Å². The van der Waals surface area contributed by atoms with Crippen LogP contribution in [0.4, 0.5) is 0 Å². The highest BCUT2D eigenvalue weighted by Gasteiger charge is 2.19. The second-order valence-corrected chi connectivity index (χ2v) is 3.87. The van der Waals surface area contributed by atoms with Crippen molar-refractivity contribution in [3.8, 4) is 0 Å². The van der Waals surface area contributed by atoms with E-state index in [1.165, 1.54) is 12.8 Å². The van der Waals surface area contributed by atoms with Crippen molar-refractivity contribution in [2.45, 2.75) is 39.2 Å². The van der Waals surface area contributed by atoms with Gasteiger partial charge in [0.2, 0.25) is 0 Å². The highest BCUT2D eigenvalue weighted by Crippen LogP contribution is 2.21. The fraction of sp³-hybridized carbons (Fsp3) is 0.800. The zero-order valence-corrected chi connectivity index (χ0v) is 8.95. The summed E-state index contributed by atoms with van der Waals surface area (Å²) in [5, 5.41) is 11.7. The third kappa shape index (κ3) is 1.66. The molecule has 14 heavy (non-hydrogen) atoms. The molecule has 0 aromatic carbocycles. The summed E-state index contributed by atoms with van der Waals surface area (Å²) in [6, 6.07) is 0.612. The minimum absolute atomic E-state index is 0.612. The monoisotopic (exact) mass is 194 g/mol. The lowest BCUT2D eigenvalue weighted by Crippen LogP contribution is -2.30. The number of nitrogens with one attached hydrogen (secondary N) is 1. The molecule has 1 aliphatic rings. The maximum Gasteiger partial charge on any atom is 0.132 e. The Morgan fingerprint density at radius 3 is 2.71 bits per heavy atom. The van der Waals surface area contributed by atoms with Gasteiger partial charge >= 0.3 is 0 Å². The number of aromatic nitrogens is 3. The summed E-state index contributed by atoms with van der Waals surface area (Å²) in [6.45, 7) is 6.42. The second-order valence-electron chi connectivity index (χ2n) is 3.87. The quantitative estimate of drug-likeness (QED) is 0.766. The number of rotatable bonds is 2. The third-order valence-electron chi connectivity index (χ3n) is 2.93. The minimum atomic E-state index is 0.612. The average molecular weight is 194 g/mol. The molecule has 1 aliphatic heterocycles. The van der Waals surface area contributed by atoms with E-state index in [9.17, 15) is 0 Å². The van der Waals surface area contributed by atoms with Crippen LogP contribution in [0.3, 0.4) is 0 Å². The Morgan fingerprint density at radius 1 is 1.36 bits per heavy atom. The van der Waals surface area contributed by atoms with Crippen molar-refractivity contribution in [1.82, 2.24) is 20.1 Å². The van der Waals surface area contributed by atoms with Crippen LogP contribution in [0.15, 0.2) is 0 Å². The summed E-state index contributed by atoms with van der Waals surface area (Å²) in [6.07, 6.45) is 3.38. The largest absolute Gasteiger partial charge is 0.317 e. The van der Waals surface area contributed by atoms with Crippen LogP contribution < -0.4 is 5.32 Å². The first kappa shape index (κ1) is 9.65. The van der Waals surface area contributed by atoms with Crippen molar-refractivity contribution in [3.05, 3.63) is 11.6 Å². The van der Waals surface area contributed by atoms with Gasteiger partial charge in [-0.2, -0.15) is 0 Å². The van der Waals surface area contributed by atoms with E-state index in [4.69, 9.17) is 0 Å². The summed E-state index contributed by atoms with van der Waals surface area (Å²) in [4.78, 5) is 0. The molecule has 78 valence electrons. The third-order valence-corrected chi connectivity index (χ3v) is 2.93. The van der Waals surface area contributed by atoms with Gasteiger partial charge in [0.25, 0.3) is 0 Å². The van der Waals surface area contributed by atoms with E-state index in [0.29, 0.717) is 6.04 Å². The van der Waals surface area contributed by atoms with Crippen LogP contribution in [-0.2, 0) is 6.42 Å². The van der Waals surface area contributed by atoms with Crippen LogP contribution in [0.2, 0.25) is 0 Å². The van der Waals surface area contributed by atoms with Crippen molar-refractivity contribution in [3.63, 3.8) is 0 Å². The van der Waals surface area contributed by atoms with Gasteiger partial charge in [0, 0.05) is 12.5 Å². The first-order valence-corrected chi connectivity index (χ1v) is 5.44. The molecule has 0 amide bonds. The van der Waals surface area contributed by atoms with Crippen LogP contribution in [0.1, 0.15) is 37.5 Å². The molecule has 0 radical (unpaired) electrons. The molecule has 0 saturated carbocycles. The first-order chi connectivity index (χ1) is 6.83. The van der Waals surface area contributed by atoms with Crippen LogP contribution in [0.25, 0.3) is 0 Å². The smallest absolute Gasteiger partial charge is 0.132 e. The molecule has 1 N–H and O–H groups in total. The van der Waals surface area contributed by atoms with Gasteiger partial charge in [0.15, 0.2) is 0 Å². The Balaban J connectivity index is 2.23. The Kier molecular flexibility index (Phi) is 2.82. The molecule has 1 fully saturated rings. The van der Waals surface area contributed by atoms with Gasteiger partial charge in [-0.25, -0.2) is 0 Å². The normalized spacial score (nSPS) is 18.7. The van der Waals surface area contributed by atoms with Gasteiger partial charge in [-0.05, 0) is 32.9 Å². The minimum Gasteiger partial charge on any atom is -0.317 e. The van der Waals surface area contributed by atoms with E-state index < -0.39 is 0 Å². The molecule has 4 nitrogen and oxygen atoms in total. The molecule has 0 bridgehead atoms. The van der Waals surface area contributed by atoms with Crippen LogP contribution in [0, 0.1) is 6.92 Å². The number of aryl methyl sites for hydroxylation is 2. The number of hydrogen-bond acceptors (Lipinski definition) is 3. The van der Waals surface area contributed by atoms with E-state index in [0.717, 1.165) is 31.2 Å². The molecule has 4 heteroatoms. The van der Waals surface area contributed by atoms with Gasteiger partial charge in [-0.15, -0.1) is 10.2 Å². The van der Waals surface area contributed by atoms with Gasteiger partial charge < -0.3 is 9.88 Å². The average Bonchev–Trinajstić information content (AvgIpc) is 2.61. The van der Waals surface area contributed by atoms with Crippen LogP contribution in [-0.4, -0.2) is 27.9 Å². The van der Waals surface area contributed by atoms with E-state index >= 15 is 0 Å². The maximum atomic E-state index is 4.20. The molecular weight excluding hydrogens is 176 g/mol. The highest BCUT2D eigenvalue weighted by atomic mass is 15.3. The van der Waals surface area contributed by atoms with Crippen molar-refractivity contribution >= 4 is 0 Å². The summed E-state index contributed by atoms with van der Waals surface area (Å²) in [7, 11) is 0. The second kappa shape index (κ2) is 4.09. The maximum absolute atomic E-state index is 4.20. The molecule has 1 aromatic rings. The van der Waals surface area contributed by atoms with Crippen molar-refractivity contribution < 1.29 is 0 Å². The Labute approximate surface area is 84.7 Å². The lowest BCUT2D eigenvalue weighted by Gasteiger charge is -2.25. The highest BCUT2D eigenvalue weighted by molar-refractivity contribution is 4.97. The summed E-state index contributed by atoms with van der Waals surface area (Å²) < 4.78 is 2.32. The van der Waals surface area contributed by atoms with Gasteiger partial charge in [0.05, 0.1) is 0 Å². The first-order valence-electron chi connectivity index (χ1n) is 5.44. The predicted octanol–water partition coefficient (Wildman–Crippen LogP) is 1.07. The predicted molar refractivity (Wildman–Crippen MR) is 55.3 cm³/mol. The Bertz CT molecular complexity index is 299. The molecule has 0 aliphatic carbocycles.